The van der Waals surface area contributed by atoms with Crippen LogP contribution in [0.4, 0.5) is 24.5 Å². The van der Waals surface area contributed by atoms with E-state index in [1.807, 2.05) is 12.1 Å². The second-order valence-corrected chi connectivity index (χ2v) is 8.88. The van der Waals surface area contributed by atoms with Gasteiger partial charge in [-0.25, -0.2) is 0 Å². The fraction of sp³-hybridized carbons (Fsp3) is 0.259. The first kappa shape index (κ1) is 25.4. The number of hydrogen-bond acceptors (Lipinski definition) is 5. The average Bonchev–Trinajstić information content (AvgIpc) is 3.26. The second kappa shape index (κ2) is 10.3. The average molecular weight is 527 g/mol. The van der Waals surface area contributed by atoms with E-state index in [4.69, 9.17) is 9.47 Å². The maximum atomic E-state index is 13.6. The molecule has 1 aliphatic rings. The van der Waals surface area contributed by atoms with E-state index in [9.17, 15) is 22.8 Å². The normalized spacial score (nSPS) is 14.1. The summed E-state index contributed by atoms with van der Waals surface area (Å²) in [6, 6.07) is 15.0. The quantitative estimate of drug-likeness (QED) is 0.404. The van der Waals surface area contributed by atoms with E-state index >= 15 is 0 Å². The maximum absolute atomic E-state index is 13.6. The van der Waals surface area contributed by atoms with Crippen LogP contribution in [0, 0.1) is 0 Å². The van der Waals surface area contributed by atoms with Crippen LogP contribution in [0.3, 0.4) is 0 Å². The van der Waals surface area contributed by atoms with E-state index in [0.717, 1.165) is 18.8 Å². The van der Waals surface area contributed by atoms with Crippen LogP contribution in [0.15, 0.2) is 71.8 Å². The summed E-state index contributed by atoms with van der Waals surface area (Å²) in [4.78, 5) is 29.0. The van der Waals surface area contributed by atoms with Crippen molar-refractivity contribution in [1.82, 2.24) is 9.13 Å². The van der Waals surface area contributed by atoms with Crippen LogP contribution >= 0.6 is 0 Å². The molecule has 5 rings (SSSR count). The molecule has 0 radical (unpaired) electrons. The number of nitrogens with one attached hydrogen (secondary N) is 1. The Labute approximate surface area is 215 Å². The molecule has 8 nitrogen and oxygen atoms in total. The van der Waals surface area contributed by atoms with Gasteiger partial charge in [-0.05, 0) is 42.5 Å². The number of anilines is 2. The fourth-order valence-electron chi connectivity index (χ4n) is 4.48. The fourth-order valence-corrected chi connectivity index (χ4v) is 4.48. The predicted molar refractivity (Wildman–Crippen MR) is 137 cm³/mol. The van der Waals surface area contributed by atoms with Crippen molar-refractivity contribution in [1.29, 1.82) is 0 Å². The third-order valence-corrected chi connectivity index (χ3v) is 6.30. The van der Waals surface area contributed by atoms with Crippen molar-refractivity contribution < 1.29 is 27.4 Å². The molecule has 0 spiro atoms. The zero-order valence-corrected chi connectivity index (χ0v) is 20.5. The molecule has 0 bridgehead atoms. The number of hydrogen-bond donors (Lipinski definition) is 1. The van der Waals surface area contributed by atoms with Gasteiger partial charge in [0.05, 0.1) is 35.4 Å². The van der Waals surface area contributed by atoms with E-state index in [-0.39, 0.29) is 22.4 Å². The van der Waals surface area contributed by atoms with E-state index < -0.39 is 24.2 Å². The summed E-state index contributed by atoms with van der Waals surface area (Å²) in [5.74, 6) is -0.584. The first-order chi connectivity index (χ1) is 18.2. The van der Waals surface area contributed by atoms with Crippen molar-refractivity contribution in [3.05, 3.63) is 82.9 Å². The van der Waals surface area contributed by atoms with Crippen molar-refractivity contribution >= 4 is 28.2 Å². The Bertz CT molecular complexity index is 1520. The molecule has 0 unspecified atom stereocenters. The highest BCUT2D eigenvalue weighted by Gasteiger charge is 2.29. The maximum Gasteiger partial charge on any atom is 0.422 e. The molecule has 11 heteroatoms. The van der Waals surface area contributed by atoms with Crippen molar-refractivity contribution in [3.8, 4) is 11.4 Å². The Kier molecular flexibility index (Phi) is 6.85. The molecular weight excluding hydrogens is 501 g/mol. The predicted octanol–water partition coefficient (Wildman–Crippen LogP) is 4.36. The first-order valence-corrected chi connectivity index (χ1v) is 11.9. The van der Waals surface area contributed by atoms with Gasteiger partial charge in [-0.15, -0.1) is 0 Å². The number of morpholine rings is 1. The van der Waals surface area contributed by atoms with Gasteiger partial charge in [0, 0.05) is 43.9 Å². The Balaban J connectivity index is 1.45. The summed E-state index contributed by atoms with van der Waals surface area (Å²) in [5, 5.41) is 2.98. The van der Waals surface area contributed by atoms with Gasteiger partial charge in [-0.1, -0.05) is 12.1 Å². The van der Waals surface area contributed by atoms with E-state index in [0.29, 0.717) is 24.4 Å². The van der Waals surface area contributed by atoms with Gasteiger partial charge in [0.25, 0.3) is 11.5 Å². The van der Waals surface area contributed by atoms with Crippen molar-refractivity contribution in [3.63, 3.8) is 0 Å². The second-order valence-electron chi connectivity index (χ2n) is 8.88. The summed E-state index contributed by atoms with van der Waals surface area (Å²) in [6.45, 7) is 1.41. The lowest BCUT2D eigenvalue weighted by molar-refractivity contribution is -0.153. The van der Waals surface area contributed by atoms with Gasteiger partial charge in [-0.3, -0.25) is 14.2 Å². The monoisotopic (exact) mass is 526 g/mol. The van der Waals surface area contributed by atoms with Crippen LogP contribution in [-0.2, 0) is 11.8 Å². The van der Waals surface area contributed by atoms with Crippen molar-refractivity contribution in [2.75, 3.05) is 43.1 Å². The summed E-state index contributed by atoms with van der Waals surface area (Å²) in [6.07, 6.45) is -1.53. The Morgan fingerprint density at radius 3 is 2.47 bits per heavy atom. The number of halogens is 3. The molecule has 1 saturated heterocycles. The Morgan fingerprint density at radius 2 is 1.76 bits per heavy atom. The minimum absolute atomic E-state index is 0.103. The SMILES string of the molecule is Cn1cc(C(=O)Nc2ccc(N3CCOCC3)cc2)c2c(=O)n(-c3ccccc3OCC(F)(F)F)ccc21. The van der Waals surface area contributed by atoms with Crippen LogP contribution < -0.4 is 20.5 Å². The number of carbonyl (C=O) groups is 1. The largest absolute Gasteiger partial charge is 0.482 e. The van der Waals surface area contributed by atoms with Crippen LogP contribution in [0.5, 0.6) is 5.75 Å². The zero-order chi connectivity index (χ0) is 26.9. The standard InChI is InChI=1S/C27H25F3N4O4/c1-32-16-20(25(35)31-18-6-8-19(9-7-18)33-12-14-37-15-13-33)24-22(32)10-11-34(26(24)36)21-4-2-3-5-23(21)38-17-27(28,29)30/h2-11,16H,12-15,17H2,1H3,(H,31,35). The molecule has 0 atom stereocenters. The number of aromatic nitrogens is 2. The van der Waals surface area contributed by atoms with Gasteiger partial charge in [0.1, 0.15) is 5.75 Å². The minimum atomic E-state index is -4.53. The highest BCUT2D eigenvalue weighted by atomic mass is 19.4. The third-order valence-electron chi connectivity index (χ3n) is 6.30. The Morgan fingerprint density at radius 1 is 1.05 bits per heavy atom. The van der Waals surface area contributed by atoms with Crippen molar-refractivity contribution in [2.24, 2.45) is 7.05 Å². The van der Waals surface area contributed by atoms with Crippen LogP contribution in [0.2, 0.25) is 0 Å². The van der Waals surface area contributed by atoms with Gasteiger partial charge in [-0.2, -0.15) is 13.2 Å². The molecule has 198 valence electrons. The molecule has 1 amide bonds. The summed E-state index contributed by atoms with van der Waals surface area (Å²) in [7, 11) is 1.71. The molecular formula is C27H25F3N4O4. The summed E-state index contributed by atoms with van der Waals surface area (Å²) >= 11 is 0. The first-order valence-electron chi connectivity index (χ1n) is 11.9. The van der Waals surface area contributed by atoms with Gasteiger partial charge < -0.3 is 24.3 Å². The molecule has 0 aliphatic carbocycles. The number of ether oxygens (including phenoxy) is 2. The molecule has 1 fully saturated rings. The number of para-hydroxylation sites is 2. The number of benzene rings is 2. The highest BCUT2D eigenvalue weighted by Crippen LogP contribution is 2.27. The third kappa shape index (κ3) is 5.23. The highest BCUT2D eigenvalue weighted by molar-refractivity contribution is 6.12. The number of amides is 1. The minimum Gasteiger partial charge on any atom is -0.482 e. The number of pyridine rings is 1. The smallest absolute Gasteiger partial charge is 0.422 e. The lowest BCUT2D eigenvalue weighted by Crippen LogP contribution is -2.36. The Hall–Kier alpha value is -4.25. The van der Waals surface area contributed by atoms with Crippen LogP contribution in [0.25, 0.3) is 16.6 Å². The lowest BCUT2D eigenvalue weighted by atomic mass is 10.1. The lowest BCUT2D eigenvalue weighted by Gasteiger charge is -2.28. The number of rotatable bonds is 6. The molecule has 38 heavy (non-hydrogen) atoms. The number of aryl methyl sites for hydroxylation is 1. The number of nitrogens with zero attached hydrogens (tertiary/aromatic N) is 3. The number of fused-ring (bicyclic) bond motifs is 1. The molecule has 4 aromatic rings. The molecule has 2 aromatic carbocycles. The molecule has 3 heterocycles. The zero-order valence-electron chi connectivity index (χ0n) is 20.5. The van der Waals surface area contributed by atoms with Crippen LogP contribution in [0.1, 0.15) is 10.4 Å². The topological polar surface area (TPSA) is 77.7 Å². The summed E-state index contributed by atoms with van der Waals surface area (Å²) < 4.78 is 51.4. The molecule has 2 aromatic heterocycles. The van der Waals surface area contributed by atoms with Gasteiger partial charge in [0.2, 0.25) is 0 Å². The summed E-state index contributed by atoms with van der Waals surface area (Å²) in [5.41, 5.74) is 1.81. The van der Waals surface area contributed by atoms with E-state index in [2.05, 4.69) is 10.2 Å². The number of alkyl halides is 3. The molecule has 1 N–H and O–H groups in total. The van der Waals surface area contributed by atoms with E-state index in [1.165, 1.54) is 29.0 Å². The van der Waals surface area contributed by atoms with Gasteiger partial charge >= 0.3 is 6.18 Å². The molecule has 0 saturated carbocycles. The number of carbonyl (C=O) groups excluding carboxylic acids is 1. The molecule has 1 aliphatic heterocycles. The van der Waals surface area contributed by atoms with E-state index in [1.54, 1.807) is 42.1 Å². The van der Waals surface area contributed by atoms with Gasteiger partial charge in [0.15, 0.2) is 6.61 Å². The van der Waals surface area contributed by atoms with Crippen molar-refractivity contribution in [2.45, 2.75) is 6.18 Å². The van der Waals surface area contributed by atoms with Crippen LogP contribution in [-0.4, -0.2) is 54.1 Å².